The van der Waals surface area contributed by atoms with Crippen molar-refractivity contribution in [3.63, 3.8) is 0 Å². The molecule has 0 bridgehead atoms. The SMILES string of the molecule is COc1cccc(NC(=O)CSc2nc(CC(=O)Nc3cccc(Cl)c3)cs2)c1. The maximum atomic E-state index is 12.2. The molecule has 0 saturated heterocycles. The Labute approximate surface area is 181 Å². The molecular formula is C20H18ClN3O3S2. The first kappa shape index (κ1) is 21.2. The van der Waals surface area contributed by atoms with Gasteiger partial charge in [-0.2, -0.15) is 0 Å². The predicted octanol–water partition coefficient (Wildman–Crippen LogP) is 4.72. The van der Waals surface area contributed by atoms with Crippen molar-refractivity contribution in [3.05, 3.63) is 64.6 Å². The molecule has 0 saturated carbocycles. The number of carbonyl (C=O) groups excluding carboxylic acids is 2. The summed E-state index contributed by atoms with van der Waals surface area (Å²) in [5.41, 5.74) is 1.97. The van der Waals surface area contributed by atoms with E-state index in [0.29, 0.717) is 27.8 Å². The third-order valence-electron chi connectivity index (χ3n) is 3.66. The number of hydrogen-bond acceptors (Lipinski definition) is 6. The Hall–Kier alpha value is -2.55. The lowest BCUT2D eigenvalue weighted by molar-refractivity contribution is -0.116. The van der Waals surface area contributed by atoms with Crippen LogP contribution in [-0.2, 0) is 16.0 Å². The molecule has 1 heterocycles. The molecule has 0 atom stereocenters. The number of hydrogen-bond donors (Lipinski definition) is 2. The van der Waals surface area contributed by atoms with E-state index in [2.05, 4.69) is 15.6 Å². The number of anilines is 2. The lowest BCUT2D eigenvalue weighted by Crippen LogP contribution is -2.14. The highest BCUT2D eigenvalue weighted by molar-refractivity contribution is 8.01. The average Bonchev–Trinajstić information content (AvgIpc) is 3.13. The summed E-state index contributed by atoms with van der Waals surface area (Å²) in [4.78, 5) is 28.7. The number of carbonyl (C=O) groups is 2. The number of thioether (sulfide) groups is 1. The first-order valence-corrected chi connectivity index (χ1v) is 10.8. The fraction of sp³-hybridized carbons (Fsp3) is 0.150. The van der Waals surface area contributed by atoms with Crippen LogP contribution in [0.4, 0.5) is 11.4 Å². The Balaban J connectivity index is 1.47. The minimum Gasteiger partial charge on any atom is -0.497 e. The van der Waals surface area contributed by atoms with Crippen molar-refractivity contribution in [2.45, 2.75) is 10.8 Å². The number of halogens is 1. The second kappa shape index (κ2) is 10.3. The number of rotatable bonds is 8. The summed E-state index contributed by atoms with van der Waals surface area (Å²) >= 11 is 8.65. The molecule has 0 unspecified atom stereocenters. The molecular weight excluding hydrogens is 430 g/mol. The van der Waals surface area contributed by atoms with Gasteiger partial charge in [0, 0.05) is 27.8 Å². The first-order chi connectivity index (χ1) is 14.0. The van der Waals surface area contributed by atoms with Crippen LogP contribution in [0.3, 0.4) is 0 Å². The maximum absolute atomic E-state index is 12.2. The number of ether oxygens (including phenoxy) is 1. The molecule has 0 radical (unpaired) electrons. The number of nitrogens with one attached hydrogen (secondary N) is 2. The van der Waals surface area contributed by atoms with Crippen molar-refractivity contribution in [3.8, 4) is 5.75 Å². The molecule has 0 spiro atoms. The van der Waals surface area contributed by atoms with Crippen molar-refractivity contribution in [2.75, 3.05) is 23.5 Å². The predicted molar refractivity (Wildman–Crippen MR) is 118 cm³/mol. The van der Waals surface area contributed by atoms with Gasteiger partial charge in [0.1, 0.15) is 5.75 Å². The highest BCUT2D eigenvalue weighted by Crippen LogP contribution is 2.24. The second-order valence-corrected chi connectivity index (χ2v) is 8.43. The normalized spacial score (nSPS) is 10.4. The smallest absolute Gasteiger partial charge is 0.234 e. The number of thiazole rings is 1. The van der Waals surface area contributed by atoms with Gasteiger partial charge in [0.25, 0.3) is 0 Å². The maximum Gasteiger partial charge on any atom is 0.234 e. The monoisotopic (exact) mass is 447 g/mol. The Morgan fingerprint density at radius 2 is 1.83 bits per heavy atom. The molecule has 2 aromatic carbocycles. The fourth-order valence-corrected chi connectivity index (χ4v) is 4.23. The van der Waals surface area contributed by atoms with Gasteiger partial charge in [0.2, 0.25) is 11.8 Å². The molecule has 29 heavy (non-hydrogen) atoms. The summed E-state index contributed by atoms with van der Waals surface area (Å²) in [7, 11) is 1.58. The number of benzene rings is 2. The van der Waals surface area contributed by atoms with Gasteiger partial charge in [-0.05, 0) is 30.3 Å². The Morgan fingerprint density at radius 1 is 1.10 bits per heavy atom. The van der Waals surface area contributed by atoms with Gasteiger partial charge in [0.05, 0.1) is 25.0 Å². The Kier molecular flexibility index (Phi) is 7.51. The van der Waals surface area contributed by atoms with E-state index in [1.807, 2.05) is 17.5 Å². The molecule has 0 fully saturated rings. The zero-order valence-electron chi connectivity index (χ0n) is 15.5. The van der Waals surface area contributed by atoms with Gasteiger partial charge in [-0.1, -0.05) is 35.5 Å². The molecule has 1 aromatic heterocycles. The molecule has 0 aliphatic rings. The zero-order chi connectivity index (χ0) is 20.6. The third-order valence-corrected chi connectivity index (χ3v) is 5.97. The highest BCUT2D eigenvalue weighted by atomic mass is 35.5. The second-order valence-electron chi connectivity index (χ2n) is 5.91. The molecule has 6 nitrogen and oxygen atoms in total. The largest absolute Gasteiger partial charge is 0.497 e. The molecule has 0 aliphatic carbocycles. The van der Waals surface area contributed by atoms with Crippen LogP contribution < -0.4 is 15.4 Å². The zero-order valence-corrected chi connectivity index (χ0v) is 17.9. The molecule has 2 amide bonds. The summed E-state index contributed by atoms with van der Waals surface area (Å²) in [6, 6.07) is 14.1. The van der Waals surface area contributed by atoms with Gasteiger partial charge in [0.15, 0.2) is 4.34 Å². The van der Waals surface area contributed by atoms with E-state index >= 15 is 0 Å². The summed E-state index contributed by atoms with van der Waals surface area (Å²) in [5, 5.41) is 7.98. The minimum absolute atomic E-state index is 0.140. The summed E-state index contributed by atoms with van der Waals surface area (Å²) in [6.07, 6.45) is 0.152. The van der Waals surface area contributed by atoms with E-state index in [1.165, 1.54) is 23.1 Å². The van der Waals surface area contributed by atoms with Crippen LogP contribution in [0.1, 0.15) is 5.69 Å². The van der Waals surface area contributed by atoms with Crippen LogP contribution in [0.2, 0.25) is 5.02 Å². The molecule has 2 N–H and O–H groups in total. The lowest BCUT2D eigenvalue weighted by Gasteiger charge is -2.06. The number of methoxy groups -OCH3 is 1. The van der Waals surface area contributed by atoms with E-state index in [0.717, 1.165) is 4.34 Å². The van der Waals surface area contributed by atoms with E-state index in [-0.39, 0.29) is 24.0 Å². The topological polar surface area (TPSA) is 80.3 Å². The van der Waals surface area contributed by atoms with Crippen molar-refractivity contribution >= 4 is 57.9 Å². The van der Waals surface area contributed by atoms with Crippen LogP contribution in [-0.4, -0.2) is 29.7 Å². The van der Waals surface area contributed by atoms with Crippen molar-refractivity contribution in [1.29, 1.82) is 0 Å². The van der Waals surface area contributed by atoms with E-state index in [9.17, 15) is 9.59 Å². The van der Waals surface area contributed by atoms with Crippen LogP contribution in [0.5, 0.6) is 5.75 Å². The first-order valence-electron chi connectivity index (χ1n) is 8.58. The number of amides is 2. The Morgan fingerprint density at radius 3 is 2.59 bits per heavy atom. The van der Waals surface area contributed by atoms with E-state index < -0.39 is 0 Å². The molecule has 0 aliphatic heterocycles. The van der Waals surface area contributed by atoms with Gasteiger partial charge in [-0.25, -0.2) is 4.98 Å². The van der Waals surface area contributed by atoms with Crippen molar-refractivity contribution in [2.24, 2.45) is 0 Å². The van der Waals surface area contributed by atoms with E-state index in [1.54, 1.807) is 43.5 Å². The van der Waals surface area contributed by atoms with Crippen molar-refractivity contribution in [1.82, 2.24) is 4.98 Å². The third kappa shape index (κ3) is 6.77. The van der Waals surface area contributed by atoms with Gasteiger partial charge < -0.3 is 15.4 Å². The van der Waals surface area contributed by atoms with Crippen molar-refractivity contribution < 1.29 is 14.3 Å². The highest BCUT2D eigenvalue weighted by Gasteiger charge is 2.11. The van der Waals surface area contributed by atoms with Crippen LogP contribution >= 0.6 is 34.7 Å². The van der Waals surface area contributed by atoms with Crippen LogP contribution in [0.25, 0.3) is 0 Å². The van der Waals surface area contributed by atoms with Gasteiger partial charge in [-0.15, -0.1) is 11.3 Å². The van der Waals surface area contributed by atoms with Crippen LogP contribution in [0, 0.1) is 0 Å². The lowest BCUT2D eigenvalue weighted by atomic mass is 10.3. The number of nitrogens with zero attached hydrogens (tertiary/aromatic N) is 1. The minimum atomic E-state index is -0.176. The fourth-order valence-electron chi connectivity index (χ4n) is 2.40. The molecule has 9 heteroatoms. The van der Waals surface area contributed by atoms with Gasteiger partial charge >= 0.3 is 0 Å². The standard InChI is InChI=1S/C20H18ClN3O3S2/c1-27-17-7-3-6-15(9-17)23-19(26)12-29-20-24-16(11-28-20)10-18(25)22-14-5-2-4-13(21)8-14/h2-9,11H,10,12H2,1H3,(H,22,25)(H,23,26). The van der Waals surface area contributed by atoms with E-state index in [4.69, 9.17) is 16.3 Å². The molecule has 3 rings (SSSR count). The Bertz CT molecular complexity index is 1010. The summed E-state index contributed by atoms with van der Waals surface area (Å²) in [6.45, 7) is 0. The quantitative estimate of drug-likeness (QED) is 0.488. The number of aromatic nitrogens is 1. The molecule has 3 aromatic rings. The summed E-state index contributed by atoms with van der Waals surface area (Å²) < 4.78 is 5.87. The average molecular weight is 448 g/mol. The van der Waals surface area contributed by atoms with Gasteiger partial charge in [-0.3, -0.25) is 9.59 Å². The van der Waals surface area contributed by atoms with Crippen LogP contribution in [0.15, 0.2) is 58.3 Å². The molecule has 150 valence electrons. The summed E-state index contributed by atoms with van der Waals surface area (Å²) in [5.74, 6) is 0.582.